The summed E-state index contributed by atoms with van der Waals surface area (Å²) in [5.74, 6) is 0.601. The van der Waals surface area contributed by atoms with Gasteiger partial charge in [-0.25, -0.2) is 0 Å². The number of methoxy groups -OCH3 is 1. The fraction of sp³-hybridized carbons (Fsp3) is 0.250. The topological polar surface area (TPSA) is 54.1 Å². The molecule has 1 aliphatic heterocycles. The van der Waals surface area contributed by atoms with Gasteiger partial charge in [0.05, 0.1) is 23.2 Å². The van der Waals surface area contributed by atoms with Gasteiger partial charge in [-0.05, 0) is 6.07 Å². The molecule has 5 heteroatoms. The molecule has 0 saturated heterocycles. The minimum Gasteiger partial charge on any atom is -0.497 e. The summed E-state index contributed by atoms with van der Waals surface area (Å²) in [5.41, 5.74) is 2.43. The Morgan fingerprint density at radius 1 is 1.41 bits per heavy atom. The molecule has 2 N–H and O–H groups in total. The maximum atomic E-state index is 11.9. The molecular weight excluding hydrogens is 240 g/mol. The number of aromatic amines is 1. The lowest BCUT2D eigenvalue weighted by Crippen LogP contribution is -2.31. The summed E-state index contributed by atoms with van der Waals surface area (Å²) < 4.78 is 5.17. The zero-order chi connectivity index (χ0) is 12.0. The van der Waals surface area contributed by atoms with E-state index in [-0.39, 0.29) is 5.91 Å². The molecule has 0 spiro atoms. The molecular formula is C12H11ClN2O2. The summed E-state index contributed by atoms with van der Waals surface area (Å²) >= 11 is 6.17. The lowest BCUT2D eigenvalue weighted by Gasteiger charge is -2.12. The second kappa shape index (κ2) is 3.67. The van der Waals surface area contributed by atoms with Gasteiger partial charge in [0.15, 0.2) is 0 Å². The molecule has 17 heavy (non-hydrogen) atoms. The van der Waals surface area contributed by atoms with Gasteiger partial charge in [0, 0.05) is 30.1 Å². The van der Waals surface area contributed by atoms with Crippen molar-refractivity contribution in [1.82, 2.24) is 10.3 Å². The molecule has 1 aromatic carbocycles. The first-order chi connectivity index (χ1) is 8.20. The minimum absolute atomic E-state index is 0.0539. The maximum absolute atomic E-state index is 11.9. The average molecular weight is 251 g/mol. The van der Waals surface area contributed by atoms with E-state index in [1.807, 2.05) is 6.07 Å². The molecule has 0 unspecified atom stereocenters. The molecule has 0 bridgehead atoms. The van der Waals surface area contributed by atoms with Crippen LogP contribution in [0.25, 0.3) is 10.9 Å². The third-order valence-electron chi connectivity index (χ3n) is 3.03. The molecule has 2 aromatic rings. The van der Waals surface area contributed by atoms with E-state index in [0.717, 1.165) is 23.0 Å². The first kappa shape index (κ1) is 10.5. The number of hydrogen-bond acceptors (Lipinski definition) is 2. The molecule has 0 radical (unpaired) electrons. The smallest absolute Gasteiger partial charge is 0.253 e. The van der Waals surface area contributed by atoms with E-state index >= 15 is 0 Å². The third kappa shape index (κ3) is 1.48. The van der Waals surface area contributed by atoms with E-state index in [0.29, 0.717) is 22.9 Å². The number of hydrogen-bond donors (Lipinski definition) is 2. The third-order valence-corrected chi connectivity index (χ3v) is 3.33. The Bertz CT molecular complexity index is 618. The SMILES string of the molecule is COc1cc(Cl)c2[nH]c3c(c2c1)C(=O)NCC3. The van der Waals surface area contributed by atoms with Gasteiger partial charge in [0.1, 0.15) is 5.75 Å². The predicted octanol–water partition coefficient (Wildman–Crippen LogP) is 2.12. The lowest BCUT2D eigenvalue weighted by molar-refractivity contribution is 0.0947. The first-order valence-corrected chi connectivity index (χ1v) is 5.75. The standard InChI is InChI=1S/C12H11ClN2O2/c1-17-6-4-7-10-9(2-3-14-12(10)16)15-11(7)8(13)5-6/h4-5,15H,2-3H2,1H3,(H,14,16). The van der Waals surface area contributed by atoms with Crippen LogP contribution in [0.3, 0.4) is 0 Å². The van der Waals surface area contributed by atoms with Gasteiger partial charge in [-0.3, -0.25) is 4.79 Å². The molecule has 0 atom stereocenters. The lowest BCUT2D eigenvalue weighted by atomic mass is 10.1. The number of rotatable bonds is 1. The molecule has 1 amide bonds. The molecule has 0 aliphatic carbocycles. The minimum atomic E-state index is -0.0539. The molecule has 88 valence electrons. The quantitative estimate of drug-likeness (QED) is 0.815. The Morgan fingerprint density at radius 2 is 2.24 bits per heavy atom. The van der Waals surface area contributed by atoms with Crippen molar-refractivity contribution >= 4 is 28.4 Å². The first-order valence-electron chi connectivity index (χ1n) is 5.37. The fourth-order valence-corrected chi connectivity index (χ4v) is 2.49. The van der Waals surface area contributed by atoms with E-state index in [4.69, 9.17) is 16.3 Å². The monoisotopic (exact) mass is 250 g/mol. The van der Waals surface area contributed by atoms with Crippen LogP contribution in [-0.4, -0.2) is 24.5 Å². The fourth-order valence-electron chi connectivity index (χ4n) is 2.24. The van der Waals surface area contributed by atoms with E-state index in [2.05, 4.69) is 10.3 Å². The molecule has 1 aliphatic rings. The Kier molecular flexibility index (Phi) is 2.26. The number of H-pyrrole nitrogens is 1. The van der Waals surface area contributed by atoms with Crippen molar-refractivity contribution in [1.29, 1.82) is 0 Å². The second-order valence-corrected chi connectivity index (χ2v) is 4.42. The number of carbonyl (C=O) groups is 1. The van der Waals surface area contributed by atoms with Crippen LogP contribution in [0.1, 0.15) is 16.1 Å². The van der Waals surface area contributed by atoms with Crippen molar-refractivity contribution in [3.63, 3.8) is 0 Å². The Morgan fingerprint density at radius 3 is 3.00 bits per heavy atom. The van der Waals surface area contributed by atoms with Crippen LogP contribution < -0.4 is 10.1 Å². The van der Waals surface area contributed by atoms with Crippen LogP contribution >= 0.6 is 11.6 Å². The highest BCUT2D eigenvalue weighted by molar-refractivity contribution is 6.36. The van der Waals surface area contributed by atoms with Crippen LogP contribution in [0.4, 0.5) is 0 Å². The highest BCUT2D eigenvalue weighted by Crippen LogP contribution is 2.33. The number of carbonyl (C=O) groups excluding carboxylic acids is 1. The van der Waals surface area contributed by atoms with Crippen molar-refractivity contribution in [2.45, 2.75) is 6.42 Å². The summed E-state index contributed by atoms with van der Waals surface area (Å²) in [5, 5.41) is 4.22. The zero-order valence-corrected chi connectivity index (χ0v) is 10.0. The van der Waals surface area contributed by atoms with Crippen LogP contribution in [0.2, 0.25) is 5.02 Å². The van der Waals surface area contributed by atoms with Gasteiger partial charge < -0.3 is 15.0 Å². The summed E-state index contributed by atoms with van der Waals surface area (Å²) in [6, 6.07) is 3.57. The molecule has 3 rings (SSSR count). The zero-order valence-electron chi connectivity index (χ0n) is 9.26. The van der Waals surface area contributed by atoms with Gasteiger partial charge in [0.25, 0.3) is 5.91 Å². The van der Waals surface area contributed by atoms with Crippen LogP contribution in [0, 0.1) is 0 Å². The number of ether oxygens (including phenoxy) is 1. The summed E-state index contributed by atoms with van der Waals surface area (Å²) in [7, 11) is 1.58. The van der Waals surface area contributed by atoms with Gasteiger partial charge in [-0.15, -0.1) is 0 Å². The molecule has 0 fully saturated rings. The van der Waals surface area contributed by atoms with Gasteiger partial charge in [0.2, 0.25) is 0 Å². The number of fused-ring (bicyclic) bond motifs is 3. The summed E-state index contributed by atoms with van der Waals surface area (Å²) in [4.78, 5) is 15.1. The highest BCUT2D eigenvalue weighted by Gasteiger charge is 2.23. The Hall–Kier alpha value is -1.68. The van der Waals surface area contributed by atoms with Crippen molar-refractivity contribution in [2.24, 2.45) is 0 Å². The van der Waals surface area contributed by atoms with E-state index < -0.39 is 0 Å². The number of amides is 1. The van der Waals surface area contributed by atoms with Crippen LogP contribution in [0.5, 0.6) is 5.75 Å². The number of benzene rings is 1. The molecule has 2 heterocycles. The van der Waals surface area contributed by atoms with Crippen molar-refractivity contribution in [3.05, 3.63) is 28.4 Å². The average Bonchev–Trinajstić information content (AvgIpc) is 2.69. The Labute approximate surface area is 103 Å². The van der Waals surface area contributed by atoms with Crippen molar-refractivity contribution < 1.29 is 9.53 Å². The van der Waals surface area contributed by atoms with E-state index in [1.165, 1.54) is 0 Å². The number of nitrogens with one attached hydrogen (secondary N) is 2. The van der Waals surface area contributed by atoms with Crippen molar-refractivity contribution in [2.75, 3.05) is 13.7 Å². The largest absolute Gasteiger partial charge is 0.497 e. The number of halogens is 1. The summed E-state index contributed by atoms with van der Waals surface area (Å²) in [6.45, 7) is 0.660. The summed E-state index contributed by atoms with van der Waals surface area (Å²) in [6.07, 6.45) is 0.800. The molecule has 4 nitrogen and oxygen atoms in total. The van der Waals surface area contributed by atoms with E-state index in [9.17, 15) is 4.79 Å². The normalized spacial score (nSPS) is 14.6. The number of aromatic nitrogens is 1. The van der Waals surface area contributed by atoms with Gasteiger partial charge in [-0.1, -0.05) is 11.6 Å². The molecule has 0 saturated carbocycles. The van der Waals surface area contributed by atoms with E-state index in [1.54, 1.807) is 13.2 Å². The maximum Gasteiger partial charge on any atom is 0.253 e. The van der Waals surface area contributed by atoms with Crippen molar-refractivity contribution in [3.8, 4) is 5.75 Å². The van der Waals surface area contributed by atoms with Gasteiger partial charge >= 0.3 is 0 Å². The van der Waals surface area contributed by atoms with Crippen LogP contribution in [-0.2, 0) is 6.42 Å². The van der Waals surface area contributed by atoms with Crippen LogP contribution in [0.15, 0.2) is 12.1 Å². The molecule has 1 aromatic heterocycles. The Balaban J connectivity index is 2.36. The second-order valence-electron chi connectivity index (χ2n) is 4.02. The predicted molar refractivity (Wildman–Crippen MR) is 65.9 cm³/mol. The van der Waals surface area contributed by atoms with Gasteiger partial charge in [-0.2, -0.15) is 0 Å². The highest BCUT2D eigenvalue weighted by atomic mass is 35.5.